The Morgan fingerprint density at radius 2 is 1.95 bits per heavy atom. The number of hydrogen-bond acceptors (Lipinski definition) is 5. The molecule has 0 bridgehead atoms. The molecule has 2 aromatic rings. The number of methoxy groups -OCH3 is 1. The lowest BCUT2D eigenvalue weighted by atomic mass is 10.1. The molecule has 0 spiro atoms. The van der Waals surface area contributed by atoms with Gasteiger partial charge in [-0.1, -0.05) is 0 Å². The van der Waals surface area contributed by atoms with Crippen LogP contribution in [0.4, 0.5) is 5.69 Å². The lowest BCUT2D eigenvalue weighted by Gasteiger charge is -2.18. The first-order valence-electron chi connectivity index (χ1n) is 6.36. The van der Waals surface area contributed by atoms with Crippen molar-refractivity contribution in [2.24, 2.45) is 0 Å². The molecular formula is C14H17N3O3S. The fraction of sp³-hybridized carbons (Fsp3) is 0.357. The number of anilines is 1. The fourth-order valence-electron chi connectivity index (χ4n) is 1.62. The molecule has 0 saturated heterocycles. The van der Waals surface area contributed by atoms with Crippen molar-refractivity contribution >= 4 is 28.9 Å². The minimum atomic E-state index is -0.445. The van der Waals surface area contributed by atoms with Crippen molar-refractivity contribution in [2.45, 2.75) is 26.3 Å². The topological polar surface area (TPSA) is 73.2 Å². The third kappa shape index (κ3) is 3.49. The molecule has 2 heterocycles. The number of nitrogens with one attached hydrogen (secondary N) is 1. The van der Waals surface area contributed by atoms with Crippen molar-refractivity contribution < 1.29 is 14.3 Å². The number of carbonyl (C=O) groups excluding carboxylic acids is 2. The molecule has 0 fully saturated rings. The molecule has 0 unspecified atom stereocenters. The van der Waals surface area contributed by atoms with Gasteiger partial charge in [-0.05, 0) is 32.9 Å². The molecule has 0 aromatic carbocycles. The first kappa shape index (κ1) is 15.2. The van der Waals surface area contributed by atoms with Crippen molar-refractivity contribution in [3.8, 4) is 0 Å². The van der Waals surface area contributed by atoms with Crippen LogP contribution in [0.15, 0.2) is 24.5 Å². The van der Waals surface area contributed by atoms with E-state index in [9.17, 15) is 9.59 Å². The Labute approximate surface area is 126 Å². The predicted molar refractivity (Wildman–Crippen MR) is 80.8 cm³/mol. The molecule has 0 atom stereocenters. The monoisotopic (exact) mass is 307 g/mol. The Morgan fingerprint density at radius 1 is 1.29 bits per heavy atom. The molecule has 6 nitrogen and oxygen atoms in total. The SMILES string of the molecule is COC(=O)c1ccc(C(=O)Nc2cnn(C(C)(C)C)c2)s1. The average molecular weight is 307 g/mol. The second-order valence-corrected chi connectivity index (χ2v) is 6.54. The summed E-state index contributed by atoms with van der Waals surface area (Å²) in [5, 5.41) is 6.97. The van der Waals surface area contributed by atoms with Crippen molar-refractivity contribution in [3.63, 3.8) is 0 Å². The van der Waals surface area contributed by atoms with E-state index in [1.165, 1.54) is 7.11 Å². The summed E-state index contributed by atoms with van der Waals surface area (Å²) >= 11 is 1.09. The Morgan fingerprint density at radius 3 is 2.52 bits per heavy atom. The number of aromatic nitrogens is 2. The van der Waals surface area contributed by atoms with E-state index in [2.05, 4.69) is 15.2 Å². The third-order valence-corrected chi connectivity index (χ3v) is 3.81. The number of esters is 1. The standard InChI is InChI=1S/C14H17N3O3S/c1-14(2,3)17-8-9(7-15-17)16-12(18)10-5-6-11(21-10)13(19)20-4/h5-8H,1-4H3,(H,16,18). The van der Waals surface area contributed by atoms with Gasteiger partial charge in [0.2, 0.25) is 0 Å². The van der Waals surface area contributed by atoms with Gasteiger partial charge in [0.15, 0.2) is 0 Å². The summed E-state index contributed by atoms with van der Waals surface area (Å²) in [5.41, 5.74) is 0.465. The smallest absolute Gasteiger partial charge is 0.348 e. The third-order valence-electron chi connectivity index (χ3n) is 2.74. The number of rotatable bonds is 3. The van der Waals surface area contributed by atoms with Gasteiger partial charge in [0.25, 0.3) is 5.91 Å². The Hall–Kier alpha value is -2.15. The van der Waals surface area contributed by atoms with E-state index in [1.54, 1.807) is 29.2 Å². The molecule has 2 rings (SSSR count). The summed E-state index contributed by atoms with van der Waals surface area (Å²) in [6, 6.07) is 3.17. The summed E-state index contributed by atoms with van der Waals surface area (Å²) in [4.78, 5) is 24.3. The molecule has 0 aliphatic carbocycles. The van der Waals surface area contributed by atoms with Crippen LogP contribution >= 0.6 is 11.3 Å². The van der Waals surface area contributed by atoms with E-state index in [0.29, 0.717) is 15.4 Å². The number of carbonyl (C=O) groups is 2. The highest BCUT2D eigenvalue weighted by atomic mass is 32.1. The van der Waals surface area contributed by atoms with Crippen LogP contribution in [-0.2, 0) is 10.3 Å². The molecule has 7 heteroatoms. The van der Waals surface area contributed by atoms with Gasteiger partial charge in [0.05, 0.1) is 29.4 Å². The van der Waals surface area contributed by atoms with Gasteiger partial charge in [-0.2, -0.15) is 5.10 Å². The molecule has 0 saturated carbocycles. The molecule has 1 amide bonds. The summed E-state index contributed by atoms with van der Waals surface area (Å²) in [7, 11) is 1.31. The van der Waals surface area contributed by atoms with Gasteiger partial charge in [-0.3, -0.25) is 9.48 Å². The van der Waals surface area contributed by atoms with Crippen LogP contribution in [-0.4, -0.2) is 28.8 Å². The van der Waals surface area contributed by atoms with Crippen molar-refractivity contribution in [3.05, 3.63) is 34.3 Å². The van der Waals surface area contributed by atoms with E-state index in [1.807, 2.05) is 20.8 Å². The molecule has 0 radical (unpaired) electrons. The van der Waals surface area contributed by atoms with Crippen LogP contribution in [0.1, 0.15) is 40.1 Å². The second-order valence-electron chi connectivity index (χ2n) is 5.45. The van der Waals surface area contributed by atoms with Gasteiger partial charge in [-0.15, -0.1) is 11.3 Å². The summed E-state index contributed by atoms with van der Waals surface area (Å²) < 4.78 is 6.39. The Kier molecular flexibility index (Phi) is 4.13. The zero-order valence-corrected chi connectivity index (χ0v) is 13.2. The second kappa shape index (κ2) is 5.69. The quantitative estimate of drug-likeness (QED) is 0.885. The van der Waals surface area contributed by atoms with Gasteiger partial charge in [0.1, 0.15) is 4.88 Å². The van der Waals surface area contributed by atoms with Crippen LogP contribution in [0.3, 0.4) is 0 Å². The lowest BCUT2D eigenvalue weighted by Crippen LogP contribution is -2.22. The number of ether oxygens (including phenoxy) is 1. The maximum Gasteiger partial charge on any atom is 0.348 e. The number of hydrogen-bond donors (Lipinski definition) is 1. The number of amides is 1. The summed E-state index contributed by atoms with van der Waals surface area (Å²) in [6.45, 7) is 6.06. The summed E-state index contributed by atoms with van der Waals surface area (Å²) in [6.07, 6.45) is 3.37. The van der Waals surface area contributed by atoms with E-state index in [0.717, 1.165) is 11.3 Å². The van der Waals surface area contributed by atoms with Gasteiger partial charge in [0, 0.05) is 6.20 Å². The maximum absolute atomic E-state index is 12.1. The molecule has 21 heavy (non-hydrogen) atoms. The molecule has 2 aromatic heterocycles. The number of nitrogens with zero attached hydrogens (tertiary/aromatic N) is 2. The molecule has 0 aliphatic heterocycles. The van der Waals surface area contributed by atoms with Gasteiger partial charge in [-0.25, -0.2) is 4.79 Å². The van der Waals surface area contributed by atoms with E-state index >= 15 is 0 Å². The number of thiophene rings is 1. The van der Waals surface area contributed by atoms with Crippen LogP contribution in [0.25, 0.3) is 0 Å². The van der Waals surface area contributed by atoms with E-state index in [-0.39, 0.29) is 11.4 Å². The minimum Gasteiger partial charge on any atom is -0.465 e. The molecule has 112 valence electrons. The van der Waals surface area contributed by atoms with E-state index < -0.39 is 5.97 Å². The van der Waals surface area contributed by atoms with Crippen LogP contribution in [0.2, 0.25) is 0 Å². The van der Waals surface area contributed by atoms with Crippen LogP contribution < -0.4 is 5.32 Å². The minimum absolute atomic E-state index is 0.149. The summed E-state index contributed by atoms with van der Waals surface area (Å²) in [5.74, 6) is -0.719. The Bertz CT molecular complexity index is 667. The first-order chi connectivity index (χ1) is 9.81. The van der Waals surface area contributed by atoms with Crippen molar-refractivity contribution in [1.29, 1.82) is 0 Å². The van der Waals surface area contributed by atoms with Crippen LogP contribution in [0, 0.1) is 0 Å². The first-order valence-corrected chi connectivity index (χ1v) is 7.17. The van der Waals surface area contributed by atoms with Crippen LogP contribution in [0.5, 0.6) is 0 Å². The average Bonchev–Trinajstić information content (AvgIpc) is 3.05. The Balaban J connectivity index is 2.09. The van der Waals surface area contributed by atoms with Crippen molar-refractivity contribution in [1.82, 2.24) is 9.78 Å². The largest absolute Gasteiger partial charge is 0.465 e. The highest BCUT2D eigenvalue weighted by Crippen LogP contribution is 2.20. The highest BCUT2D eigenvalue weighted by molar-refractivity contribution is 7.16. The zero-order valence-electron chi connectivity index (χ0n) is 12.3. The van der Waals surface area contributed by atoms with Gasteiger partial charge < -0.3 is 10.1 Å². The molecular weight excluding hydrogens is 290 g/mol. The van der Waals surface area contributed by atoms with Crippen molar-refractivity contribution in [2.75, 3.05) is 12.4 Å². The van der Waals surface area contributed by atoms with E-state index in [4.69, 9.17) is 0 Å². The normalized spacial score (nSPS) is 11.2. The highest BCUT2D eigenvalue weighted by Gasteiger charge is 2.17. The lowest BCUT2D eigenvalue weighted by molar-refractivity contribution is 0.0606. The fourth-order valence-corrected chi connectivity index (χ4v) is 2.44. The zero-order chi connectivity index (χ0) is 15.6. The molecule has 0 aliphatic rings. The van der Waals surface area contributed by atoms with Gasteiger partial charge >= 0.3 is 5.97 Å². The predicted octanol–water partition coefficient (Wildman–Crippen LogP) is 2.74. The maximum atomic E-state index is 12.1. The molecule has 1 N–H and O–H groups in total.